The van der Waals surface area contributed by atoms with Crippen LogP contribution in [0, 0.1) is 0 Å². The maximum atomic E-state index is 12.3. The van der Waals surface area contributed by atoms with E-state index >= 15 is 0 Å². The van der Waals surface area contributed by atoms with Gasteiger partial charge in [-0.1, -0.05) is 11.6 Å². The van der Waals surface area contributed by atoms with Gasteiger partial charge in [0.1, 0.15) is 0 Å². The Morgan fingerprint density at radius 2 is 1.93 bits per heavy atom. The largest absolute Gasteiger partial charge is 0.417 e. The summed E-state index contributed by atoms with van der Waals surface area (Å²) in [5.41, 5.74) is 4.12. The van der Waals surface area contributed by atoms with Crippen LogP contribution >= 0.6 is 11.6 Å². The number of aliphatic hydroxyl groups is 1. The van der Waals surface area contributed by atoms with Gasteiger partial charge in [-0.15, -0.1) is 0 Å². The molecule has 0 aliphatic carbocycles. The maximum absolute atomic E-state index is 12.3. The van der Waals surface area contributed by atoms with Crippen LogP contribution in [0.5, 0.6) is 0 Å². The highest BCUT2D eigenvalue weighted by Gasteiger charge is 2.34. The lowest BCUT2D eigenvalue weighted by Crippen LogP contribution is -2.08. The Kier molecular flexibility index (Phi) is 2.92. The van der Waals surface area contributed by atoms with E-state index < -0.39 is 23.4 Å². The lowest BCUT2D eigenvalue weighted by atomic mass is 10.1. The van der Waals surface area contributed by atoms with Crippen LogP contribution in [-0.2, 0) is 12.8 Å². The molecule has 0 atom stereocenters. The van der Waals surface area contributed by atoms with Crippen molar-refractivity contribution in [2.45, 2.75) is 12.8 Å². The van der Waals surface area contributed by atoms with Crippen molar-refractivity contribution >= 4 is 17.3 Å². The Hall–Kier alpha value is -0.940. The van der Waals surface area contributed by atoms with Crippen LogP contribution in [0.25, 0.3) is 0 Å². The number of halogens is 4. The second kappa shape index (κ2) is 3.67. The quantitative estimate of drug-likeness (QED) is 0.721. The van der Waals surface area contributed by atoms with Crippen molar-refractivity contribution in [1.82, 2.24) is 0 Å². The zero-order chi connectivity index (χ0) is 10.9. The summed E-state index contributed by atoms with van der Waals surface area (Å²) in [6.07, 6.45) is -4.56. The second-order valence-electron chi connectivity index (χ2n) is 2.70. The van der Waals surface area contributed by atoms with Gasteiger partial charge in [0.25, 0.3) is 0 Å². The minimum atomic E-state index is -4.56. The van der Waals surface area contributed by atoms with E-state index in [1.165, 1.54) is 6.07 Å². The van der Waals surface area contributed by atoms with Gasteiger partial charge in [-0.25, -0.2) is 0 Å². The molecule has 6 heteroatoms. The highest BCUT2D eigenvalue weighted by atomic mass is 35.5. The summed E-state index contributed by atoms with van der Waals surface area (Å²) < 4.78 is 37.0. The van der Waals surface area contributed by atoms with Crippen LogP contribution < -0.4 is 5.73 Å². The molecule has 0 aliphatic heterocycles. The molecule has 3 N–H and O–H groups in total. The van der Waals surface area contributed by atoms with Gasteiger partial charge in [0.05, 0.1) is 22.9 Å². The molecule has 0 fully saturated rings. The smallest absolute Gasteiger partial charge is 0.398 e. The summed E-state index contributed by atoms with van der Waals surface area (Å²) in [7, 11) is 0. The Balaban J connectivity index is 3.35. The van der Waals surface area contributed by atoms with Crippen LogP contribution in [0.3, 0.4) is 0 Å². The average molecular weight is 226 g/mol. The molecule has 0 saturated heterocycles. The summed E-state index contributed by atoms with van der Waals surface area (Å²) in [5.74, 6) is 0. The number of anilines is 1. The minimum Gasteiger partial charge on any atom is -0.398 e. The Morgan fingerprint density at radius 3 is 2.36 bits per heavy atom. The first-order valence-corrected chi connectivity index (χ1v) is 4.00. The molecule has 1 aromatic rings. The first-order chi connectivity index (χ1) is 6.36. The van der Waals surface area contributed by atoms with E-state index in [0.717, 1.165) is 6.07 Å². The van der Waals surface area contributed by atoms with Crippen molar-refractivity contribution in [2.24, 2.45) is 0 Å². The molecule has 0 amide bonds. The molecule has 14 heavy (non-hydrogen) atoms. The molecule has 1 rings (SSSR count). The lowest BCUT2D eigenvalue weighted by molar-refractivity contribution is -0.137. The Bertz CT molecular complexity index is 351. The fourth-order valence-corrected chi connectivity index (χ4v) is 1.22. The SMILES string of the molecule is Nc1cc(CO)cc(C(F)(F)F)c1Cl. The highest BCUT2D eigenvalue weighted by molar-refractivity contribution is 6.33. The number of alkyl halides is 3. The third-order valence-electron chi connectivity index (χ3n) is 1.65. The van der Waals surface area contributed by atoms with Gasteiger partial charge in [-0.2, -0.15) is 13.2 Å². The molecule has 1 aromatic carbocycles. The van der Waals surface area contributed by atoms with Crippen LogP contribution in [0.1, 0.15) is 11.1 Å². The number of hydrogen-bond acceptors (Lipinski definition) is 2. The third-order valence-corrected chi connectivity index (χ3v) is 2.07. The molecule has 0 spiro atoms. The highest BCUT2D eigenvalue weighted by Crippen LogP contribution is 2.38. The van der Waals surface area contributed by atoms with Gasteiger partial charge >= 0.3 is 6.18 Å². The standard InChI is InChI=1S/C8H7ClF3NO/c9-7-5(8(10,11)12)1-4(3-14)2-6(7)13/h1-2,14H,3,13H2. The molecule has 0 aromatic heterocycles. The molecule has 0 saturated carbocycles. The summed E-state index contributed by atoms with van der Waals surface area (Å²) in [6, 6.07) is 1.98. The Labute approximate surface area is 83.1 Å². The van der Waals surface area contributed by atoms with Gasteiger partial charge in [0, 0.05) is 0 Å². The van der Waals surface area contributed by atoms with E-state index in [0.29, 0.717) is 0 Å². The molecule has 0 bridgehead atoms. The molecule has 78 valence electrons. The summed E-state index contributed by atoms with van der Waals surface area (Å²) in [6.45, 7) is -0.509. The van der Waals surface area contributed by atoms with E-state index in [2.05, 4.69) is 0 Å². The first kappa shape index (κ1) is 11.1. The van der Waals surface area contributed by atoms with E-state index in [4.69, 9.17) is 22.4 Å². The zero-order valence-electron chi connectivity index (χ0n) is 6.90. The van der Waals surface area contributed by atoms with Gasteiger partial charge in [0.15, 0.2) is 0 Å². The predicted molar refractivity (Wildman–Crippen MR) is 46.8 cm³/mol. The van der Waals surface area contributed by atoms with Crippen molar-refractivity contribution < 1.29 is 18.3 Å². The molecule has 0 heterocycles. The number of hydrogen-bond donors (Lipinski definition) is 2. The zero-order valence-corrected chi connectivity index (χ0v) is 7.65. The van der Waals surface area contributed by atoms with E-state index in [9.17, 15) is 13.2 Å². The van der Waals surface area contributed by atoms with Gasteiger partial charge in [-0.3, -0.25) is 0 Å². The van der Waals surface area contributed by atoms with Crippen LogP contribution in [0.15, 0.2) is 12.1 Å². The number of aliphatic hydroxyl groups excluding tert-OH is 1. The lowest BCUT2D eigenvalue weighted by Gasteiger charge is -2.12. The fourth-order valence-electron chi connectivity index (χ4n) is 1.01. The monoisotopic (exact) mass is 225 g/mol. The van der Waals surface area contributed by atoms with Gasteiger partial charge in [0.2, 0.25) is 0 Å². The molecular formula is C8H7ClF3NO. The summed E-state index contributed by atoms with van der Waals surface area (Å²) in [4.78, 5) is 0. The maximum Gasteiger partial charge on any atom is 0.417 e. The normalized spacial score (nSPS) is 11.8. The fraction of sp³-hybridized carbons (Fsp3) is 0.250. The van der Waals surface area contributed by atoms with Gasteiger partial charge in [-0.05, 0) is 17.7 Å². The first-order valence-electron chi connectivity index (χ1n) is 3.62. The van der Waals surface area contributed by atoms with Crippen molar-refractivity contribution in [1.29, 1.82) is 0 Å². The van der Waals surface area contributed by atoms with Crippen LogP contribution in [-0.4, -0.2) is 5.11 Å². The van der Waals surface area contributed by atoms with Crippen molar-refractivity contribution in [3.63, 3.8) is 0 Å². The third kappa shape index (κ3) is 2.10. The molecule has 0 radical (unpaired) electrons. The average Bonchev–Trinajstić information content (AvgIpc) is 2.07. The number of nitrogens with two attached hydrogens (primary N) is 1. The van der Waals surface area contributed by atoms with Gasteiger partial charge < -0.3 is 10.8 Å². The number of rotatable bonds is 1. The van der Waals surface area contributed by atoms with E-state index in [1.807, 2.05) is 0 Å². The molecule has 0 unspecified atom stereocenters. The second-order valence-corrected chi connectivity index (χ2v) is 3.08. The molecular weight excluding hydrogens is 219 g/mol. The summed E-state index contributed by atoms with van der Waals surface area (Å²) >= 11 is 5.38. The number of benzene rings is 1. The van der Waals surface area contributed by atoms with Crippen molar-refractivity contribution in [3.8, 4) is 0 Å². The minimum absolute atomic E-state index is 0.0826. The van der Waals surface area contributed by atoms with Crippen LogP contribution in [0.2, 0.25) is 5.02 Å². The van der Waals surface area contributed by atoms with Crippen LogP contribution in [0.4, 0.5) is 18.9 Å². The predicted octanol–water partition coefficient (Wildman–Crippen LogP) is 2.43. The van der Waals surface area contributed by atoms with E-state index in [-0.39, 0.29) is 11.3 Å². The number of nitrogen functional groups attached to an aromatic ring is 1. The topological polar surface area (TPSA) is 46.2 Å². The van der Waals surface area contributed by atoms with Crippen molar-refractivity contribution in [2.75, 3.05) is 5.73 Å². The molecule has 0 aliphatic rings. The van der Waals surface area contributed by atoms with E-state index in [1.54, 1.807) is 0 Å². The van der Waals surface area contributed by atoms with Crippen molar-refractivity contribution in [3.05, 3.63) is 28.3 Å². The summed E-state index contributed by atoms with van der Waals surface area (Å²) in [5, 5.41) is 8.14. The Morgan fingerprint density at radius 1 is 1.36 bits per heavy atom. The molecule has 2 nitrogen and oxygen atoms in total.